The van der Waals surface area contributed by atoms with Crippen molar-refractivity contribution in [3.05, 3.63) is 41.7 Å². The summed E-state index contributed by atoms with van der Waals surface area (Å²) in [7, 11) is 0. The summed E-state index contributed by atoms with van der Waals surface area (Å²) in [6.45, 7) is 7.37. The molecule has 21 heavy (non-hydrogen) atoms. The Morgan fingerprint density at radius 3 is 2.76 bits per heavy atom. The maximum Gasteiger partial charge on any atom is 0.223 e. The third-order valence-electron chi connectivity index (χ3n) is 2.98. The van der Waals surface area contributed by atoms with Gasteiger partial charge < -0.3 is 15.8 Å². The molecule has 0 saturated heterocycles. The monoisotopic (exact) mass is 286 g/mol. The first kappa shape index (κ1) is 15.1. The molecule has 2 aromatic rings. The highest BCUT2D eigenvalue weighted by molar-refractivity contribution is 5.43. The third kappa shape index (κ3) is 4.63. The molecule has 0 fully saturated rings. The summed E-state index contributed by atoms with van der Waals surface area (Å²) in [6, 6.07) is 9.41. The van der Waals surface area contributed by atoms with E-state index in [1.165, 1.54) is 0 Å². The zero-order chi connectivity index (χ0) is 15.2. The van der Waals surface area contributed by atoms with Crippen molar-refractivity contribution in [2.45, 2.75) is 26.7 Å². The number of hydrogen-bond acceptors (Lipinski definition) is 5. The molecule has 0 saturated carbocycles. The average molecular weight is 286 g/mol. The molecule has 112 valence electrons. The lowest BCUT2D eigenvalue weighted by Crippen LogP contribution is -2.14. The van der Waals surface area contributed by atoms with Crippen molar-refractivity contribution in [1.29, 1.82) is 0 Å². The molecule has 5 heteroatoms. The zero-order valence-corrected chi connectivity index (χ0v) is 12.8. The molecule has 0 amide bonds. The number of hydrogen-bond donors (Lipinski definition) is 2. The summed E-state index contributed by atoms with van der Waals surface area (Å²) in [5.41, 5.74) is 8.41. The number of aromatic nitrogens is 2. The summed E-state index contributed by atoms with van der Waals surface area (Å²) in [5, 5.41) is 3.19. The number of aryl methyl sites for hydroxylation is 1. The molecule has 0 aliphatic heterocycles. The lowest BCUT2D eigenvalue weighted by Gasteiger charge is -2.11. The smallest absolute Gasteiger partial charge is 0.223 e. The van der Waals surface area contributed by atoms with Crippen LogP contribution in [0.5, 0.6) is 5.75 Å². The van der Waals surface area contributed by atoms with Crippen LogP contribution in [0.25, 0.3) is 0 Å². The minimum atomic E-state index is 0.385. The van der Waals surface area contributed by atoms with E-state index in [0.29, 0.717) is 30.7 Å². The van der Waals surface area contributed by atoms with Gasteiger partial charge in [-0.3, -0.25) is 0 Å². The average Bonchev–Trinajstić information content (AvgIpc) is 2.43. The van der Waals surface area contributed by atoms with E-state index in [-0.39, 0.29) is 0 Å². The molecule has 0 aliphatic rings. The number of rotatable bonds is 6. The van der Waals surface area contributed by atoms with E-state index >= 15 is 0 Å². The number of nitrogen functional groups attached to an aromatic ring is 1. The van der Waals surface area contributed by atoms with Gasteiger partial charge in [0, 0.05) is 23.1 Å². The van der Waals surface area contributed by atoms with Crippen LogP contribution in [0.3, 0.4) is 0 Å². The van der Waals surface area contributed by atoms with Gasteiger partial charge in [-0.25, -0.2) is 9.97 Å². The van der Waals surface area contributed by atoms with Gasteiger partial charge in [0.25, 0.3) is 0 Å². The van der Waals surface area contributed by atoms with Crippen molar-refractivity contribution in [2.75, 3.05) is 24.2 Å². The predicted octanol–water partition coefficient (Wildman–Crippen LogP) is 2.98. The fourth-order valence-corrected chi connectivity index (χ4v) is 1.90. The summed E-state index contributed by atoms with van der Waals surface area (Å²) < 4.78 is 5.62. The van der Waals surface area contributed by atoms with E-state index in [2.05, 4.69) is 29.1 Å². The van der Waals surface area contributed by atoms with Crippen LogP contribution in [0.4, 0.5) is 11.6 Å². The van der Waals surface area contributed by atoms with Crippen molar-refractivity contribution in [2.24, 2.45) is 0 Å². The largest absolute Gasteiger partial charge is 0.492 e. The molecule has 0 unspecified atom stereocenters. The van der Waals surface area contributed by atoms with E-state index in [1.807, 2.05) is 31.2 Å². The Bertz CT molecular complexity index is 599. The highest BCUT2D eigenvalue weighted by Crippen LogP contribution is 2.15. The van der Waals surface area contributed by atoms with Gasteiger partial charge in [0.1, 0.15) is 12.4 Å². The standard InChI is InChI=1S/C16H22N4O/c1-11(2)15-9-12(3)19-16(20-15)18-7-8-21-14-6-4-5-13(17)10-14/h4-6,9-11H,7-8,17H2,1-3H3,(H,18,19,20). The second-order valence-corrected chi connectivity index (χ2v) is 5.26. The molecule has 0 radical (unpaired) electrons. The number of benzene rings is 1. The SMILES string of the molecule is Cc1cc(C(C)C)nc(NCCOc2cccc(N)c2)n1. The molecule has 1 heterocycles. The lowest BCUT2D eigenvalue weighted by molar-refractivity contribution is 0.333. The molecule has 1 aromatic heterocycles. The summed E-state index contributed by atoms with van der Waals surface area (Å²) >= 11 is 0. The number of ether oxygens (including phenoxy) is 1. The fraction of sp³-hybridized carbons (Fsp3) is 0.375. The highest BCUT2D eigenvalue weighted by atomic mass is 16.5. The minimum Gasteiger partial charge on any atom is -0.492 e. The van der Waals surface area contributed by atoms with Crippen LogP contribution in [-0.2, 0) is 0 Å². The van der Waals surface area contributed by atoms with Crippen LogP contribution < -0.4 is 15.8 Å². The molecular weight excluding hydrogens is 264 g/mol. The van der Waals surface area contributed by atoms with E-state index in [4.69, 9.17) is 10.5 Å². The second kappa shape index (κ2) is 6.92. The Labute approximate surface area is 125 Å². The van der Waals surface area contributed by atoms with E-state index in [0.717, 1.165) is 17.1 Å². The first-order valence-electron chi connectivity index (χ1n) is 7.12. The van der Waals surface area contributed by atoms with Gasteiger partial charge in [-0.05, 0) is 31.0 Å². The van der Waals surface area contributed by atoms with Gasteiger partial charge in [-0.2, -0.15) is 0 Å². The Morgan fingerprint density at radius 2 is 2.05 bits per heavy atom. The second-order valence-electron chi connectivity index (χ2n) is 5.26. The first-order valence-corrected chi connectivity index (χ1v) is 7.12. The van der Waals surface area contributed by atoms with E-state index in [1.54, 1.807) is 6.07 Å². The predicted molar refractivity (Wildman–Crippen MR) is 85.7 cm³/mol. The number of nitrogens with two attached hydrogens (primary N) is 1. The summed E-state index contributed by atoms with van der Waals surface area (Å²) in [4.78, 5) is 8.87. The van der Waals surface area contributed by atoms with E-state index < -0.39 is 0 Å². The molecule has 3 N–H and O–H groups in total. The van der Waals surface area contributed by atoms with Crippen LogP contribution in [0.15, 0.2) is 30.3 Å². The topological polar surface area (TPSA) is 73.1 Å². The van der Waals surface area contributed by atoms with E-state index in [9.17, 15) is 0 Å². The number of nitrogens with zero attached hydrogens (tertiary/aromatic N) is 2. The summed E-state index contributed by atoms with van der Waals surface area (Å²) in [6.07, 6.45) is 0. The van der Waals surface area contributed by atoms with Crippen LogP contribution in [0.1, 0.15) is 31.2 Å². The van der Waals surface area contributed by atoms with Crippen LogP contribution in [0.2, 0.25) is 0 Å². The molecule has 0 atom stereocenters. The molecule has 0 spiro atoms. The Balaban J connectivity index is 1.86. The molecule has 5 nitrogen and oxygen atoms in total. The van der Waals surface area contributed by atoms with Crippen molar-refractivity contribution < 1.29 is 4.74 Å². The molecule has 2 rings (SSSR count). The maximum atomic E-state index is 5.70. The Kier molecular flexibility index (Phi) is 4.98. The molecule has 1 aromatic carbocycles. The van der Waals surface area contributed by atoms with Gasteiger partial charge in [0.05, 0.1) is 6.54 Å². The third-order valence-corrected chi connectivity index (χ3v) is 2.98. The van der Waals surface area contributed by atoms with Crippen LogP contribution in [0, 0.1) is 6.92 Å². The molecule has 0 aliphatic carbocycles. The zero-order valence-electron chi connectivity index (χ0n) is 12.8. The normalized spacial score (nSPS) is 10.7. The van der Waals surface area contributed by atoms with Crippen molar-refractivity contribution in [3.8, 4) is 5.75 Å². The molecule has 0 bridgehead atoms. The van der Waals surface area contributed by atoms with Crippen molar-refractivity contribution in [3.63, 3.8) is 0 Å². The minimum absolute atomic E-state index is 0.385. The first-order chi connectivity index (χ1) is 10.0. The Morgan fingerprint density at radius 1 is 1.24 bits per heavy atom. The van der Waals surface area contributed by atoms with Gasteiger partial charge >= 0.3 is 0 Å². The van der Waals surface area contributed by atoms with Crippen LogP contribution >= 0.6 is 0 Å². The van der Waals surface area contributed by atoms with Gasteiger partial charge in [0.2, 0.25) is 5.95 Å². The Hall–Kier alpha value is -2.30. The van der Waals surface area contributed by atoms with Crippen molar-refractivity contribution in [1.82, 2.24) is 9.97 Å². The van der Waals surface area contributed by atoms with Gasteiger partial charge in [0.15, 0.2) is 0 Å². The number of nitrogens with one attached hydrogen (secondary N) is 1. The van der Waals surface area contributed by atoms with Gasteiger partial charge in [-0.1, -0.05) is 19.9 Å². The highest BCUT2D eigenvalue weighted by Gasteiger charge is 2.05. The van der Waals surface area contributed by atoms with Crippen molar-refractivity contribution >= 4 is 11.6 Å². The van der Waals surface area contributed by atoms with Gasteiger partial charge in [-0.15, -0.1) is 0 Å². The number of anilines is 2. The molecular formula is C16H22N4O. The fourth-order valence-electron chi connectivity index (χ4n) is 1.90. The van der Waals surface area contributed by atoms with Crippen LogP contribution in [-0.4, -0.2) is 23.1 Å². The summed E-state index contributed by atoms with van der Waals surface area (Å²) in [5.74, 6) is 1.80. The maximum absolute atomic E-state index is 5.70. The quantitative estimate of drug-likeness (QED) is 0.631. The lowest BCUT2D eigenvalue weighted by atomic mass is 10.1.